The Morgan fingerprint density at radius 2 is 1.92 bits per heavy atom. The molecule has 0 fully saturated rings. The Labute approximate surface area is 71.1 Å². The maximum Gasteiger partial charge on any atom is 0.0610 e. The minimum absolute atomic E-state index is 1.14. The second kappa shape index (κ2) is 3.13. The number of nitrogens with one attached hydrogen (secondary N) is 1. The lowest BCUT2D eigenvalue weighted by Gasteiger charge is -2.04. The van der Waals surface area contributed by atoms with E-state index in [0.717, 1.165) is 5.69 Å². The van der Waals surface area contributed by atoms with Crippen molar-refractivity contribution in [3.8, 4) is 5.69 Å². The highest BCUT2D eigenvalue weighted by atomic mass is 15.0. The summed E-state index contributed by atoms with van der Waals surface area (Å²) in [6.07, 6.45) is 7.85. The van der Waals surface area contributed by atoms with Crippen LogP contribution in [-0.4, -0.2) is 9.55 Å². The van der Waals surface area contributed by atoms with Crippen LogP contribution < -0.4 is 0 Å². The first-order valence-electron chi connectivity index (χ1n) is 3.89. The maximum atomic E-state index is 3.04. The van der Waals surface area contributed by atoms with Crippen LogP contribution in [-0.2, 0) is 0 Å². The number of aromatic nitrogens is 2. The highest BCUT2D eigenvalue weighted by Gasteiger charge is 1.88. The summed E-state index contributed by atoms with van der Waals surface area (Å²) < 4.78 is 2.05. The number of nitrogens with zero attached hydrogens (tertiary/aromatic N) is 1. The second-order valence-corrected chi connectivity index (χ2v) is 2.54. The summed E-state index contributed by atoms with van der Waals surface area (Å²) in [6, 6.07) is 10.1. The van der Waals surface area contributed by atoms with Gasteiger partial charge < -0.3 is 9.55 Å². The summed E-state index contributed by atoms with van der Waals surface area (Å²) >= 11 is 0. The molecule has 2 aliphatic heterocycles. The molecule has 1 N–H and O–H groups in total. The summed E-state index contributed by atoms with van der Waals surface area (Å²) in [5, 5.41) is 0. The minimum atomic E-state index is 1.14. The van der Waals surface area contributed by atoms with Crippen molar-refractivity contribution in [2.45, 2.75) is 0 Å². The molecule has 2 heterocycles. The fourth-order valence-corrected chi connectivity index (χ4v) is 1.11. The third-order valence-electron chi connectivity index (χ3n) is 1.71. The van der Waals surface area contributed by atoms with Gasteiger partial charge >= 0.3 is 0 Å². The van der Waals surface area contributed by atoms with Crippen LogP contribution in [0.5, 0.6) is 0 Å². The van der Waals surface area contributed by atoms with Gasteiger partial charge in [0.2, 0.25) is 0 Å². The first-order chi connectivity index (χ1) is 5.97. The van der Waals surface area contributed by atoms with Gasteiger partial charge in [0.25, 0.3) is 0 Å². The summed E-state index contributed by atoms with van der Waals surface area (Å²) in [5.74, 6) is 0. The van der Waals surface area contributed by atoms with E-state index >= 15 is 0 Å². The molecule has 0 atom stereocenters. The summed E-state index contributed by atoms with van der Waals surface area (Å²) in [7, 11) is 0. The predicted molar refractivity (Wildman–Crippen MR) is 48.9 cm³/mol. The monoisotopic (exact) mass is 158 g/mol. The molecule has 0 aromatic rings. The van der Waals surface area contributed by atoms with Gasteiger partial charge in [0.1, 0.15) is 0 Å². The van der Waals surface area contributed by atoms with E-state index in [9.17, 15) is 0 Å². The summed E-state index contributed by atoms with van der Waals surface area (Å²) in [4.78, 5) is 3.04. The highest BCUT2D eigenvalue weighted by Crippen LogP contribution is 2.03. The van der Waals surface area contributed by atoms with Crippen molar-refractivity contribution in [1.82, 2.24) is 9.55 Å². The van der Waals surface area contributed by atoms with Crippen molar-refractivity contribution in [3.05, 3.63) is 55.1 Å². The molecule has 0 radical (unpaired) electrons. The zero-order valence-electron chi connectivity index (χ0n) is 6.64. The lowest BCUT2D eigenvalue weighted by atomic mass is 10.4. The van der Waals surface area contributed by atoms with Gasteiger partial charge in [-0.05, 0) is 12.1 Å². The van der Waals surface area contributed by atoms with Crippen LogP contribution in [0.25, 0.3) is 5.69 Å². The SMILES string of the molecule is c1cccn2cc[nH]cc-2cc1. The van der Waals surface area contributed by atoms with E-state index in [1.165, 1.54) is 0 Å². The highest BCUT2D eigenvalue weighted by molar-refractivity contribution is 5.27. The molecule has 0 saturated heterocycles. The molecule has 2 rings (SSSR count). The number of hydrogen-bond donors (Lipinski definition) is 1. The van der Waals surface area contributed by atoms with Crippen LogP contribution in [0.4, 0.5) is 0 Å². The smallest absolute Gasteiger partial charge is 0.0610 e. The van der Waals surface area contributed by atoms with E-state index in [1.807, 2.05) is 49.1 Å². The molecule has 0 bridgehead atoms. The lowest BCUT2D eigenvalue weighted by Crippen LogP contribution is -1.93. The van der Waals surface area contributed by atoms with Gasteiger partial charge in [0.15, 0.2) is 0 Å². The van der Waals surface area contributed by atoms with E-state index < -0.39 is 0 Å². The molecule has 2 nitrogen and oxygen atoms in total. The van der Waals surface area contributed by atoms with Crippen molar-refractivity contribution in [3.63, 3.8) is 0 Å². The number of rotatable bonds is 0. The first kappa shape index (κ1) is 6.98. The topological polar surface area (TPSA) is 20.7 Å². The number of aromatic amines is 1. The van der Waals surface area contributed by atoms with Crippen LogP contribution in [0.15, 0.2) is 55.1 Å². The largest absolute Gasteiger partial charge is 0.365 e. The predicted octanol–water partition coefficient (Wildman–Crippen LogP) is 2.37. The fraction of sp³-hybridized carbons (Fsp3) is 0. The number of fused-ring (bicyclic) bond motifs is 1. The second-order valence-electron chi connectivity index (χ2n) is 2.54. The summed E-state index contributed by atoms with van der Waals surface area (Å²) in [5.41, 5.74) is 1.14. The molecular formula is C10H10N2. The van der Waals surface area contributed by atoms with E-state index in [4.69, 9.17) is 0 Å². The van der Waals surface area contributed by atoms with Crippen molar-refractivity contribution >= 4 is 0 Å². The van der Waals surface area contributed by atoms with Crippen LogP contribution in [0.3, 0.4) is 0 Å². The molecule has 12 heavy (non-hydrogen) atoms. The van der Waals surface area contributed by atoms with Crippen LogP contribution in [0.1, 0.15) is 0 Å². The van der Waals surface area contributed by atoms with Crippen LogP contribution >= 0.6 is 0 Å². The van der Waals surface area contributed by atoms with Crippen LogP contribution in [0, 0.1) is 0 Å². The first-order valence-corrected chi connectivity index (χ1v) is 3.89. The Balaban J connectivity index is 2.71. The number of hydrogen-bond acceptors (Lipinski definition) is 0. The molecule has 0 amide bonds. The van der Waals surface area contributed by atoms with Gasteiger partial charge in [-0.3, -0.25) is 0 Å². The van der Waals surface area contributed by atoms with Crippen molar-refractivity contribution in [2.24, 2.45) is 0 Å². The zero-order valence-corrected chi connectivity index (χ0v) is 6.64. The van der Waals surface area contributed by atoms with Crippen molar-refractivity contribution in [2.75, 3.05) is 0 Å². The molecule has 2 heteroatoms. The van der Waals surface area contributed by atoms with E-state index in [1.54, 1.807) is 0 Å². The Bertz CT molecular complexity index is 334. The van der Waals surface area contributed by atoms with E-state index in [2.05, 4.69) is 15.6 Å². The average Bonchev–Trinajstić information content (AvgIpc) is 2.06. The van der Waals surface area contributed by atoms with Gasteiger partial charge in [0, 0.05) is 24.8 Å². The Morgan fingerprint density at radius 1 is 1.00 bits per heavy atom. The van der Waals surface area contributed by atoms with Crippen molar-refractivity contribution in [1.29, 1.82) is 0 Å². The van der Waals surface area contributed by atoms with Gasteiger partial charge in [-0.2, -0.15) is 0 Å². The molecule has 0 unspecified atom stereocenters. The standard InChI is InChI=1S/C10H10N2/c1-2-4-7-12-8-6-11-9-10(12)5-3-1/h1-9,11H. The molecule has 0 aromatic heterocycles. The number of H-pyrrole nitrogens is 1. The van der Waals surface area contributed by atoms with Gasteiger partial charge in [-0.25, -0.2) is 0 Å². The fourth-order valence-electron chi connectivity index (χ4n) is 1.11. The molecule has 0 aromatic carbocycles. The molecule has 0 saturated carbocycles. The molecule has 60 valence electrons. The molecule has 0 aliphatic carbocycles. The average molecular weight is 158 g/mol. The quantitative estimate of drug-likeness (QED) is 0.607. The van der Waals surface area contributed by atoms with Gasteiger partial charge in [-0.1, -0.05) is 18.2 Å². The van der Waals surface area contributed by atoms with Gasteiger partial charge in [0.05, 0.1) is 5.69 Å². The normalized spacial score (nSPS) is 9.67. The Morgan fingerprint density at radius 3 is 2.92 bits per heavy atom. The Kier molecular flexibility index (Phi) is 1.82. The molecule has 2 aliphatic rings. The third kappa shape index (κ3) is 1.32. The minimum Gasteiger partial charge on any atom is -0.365 e. The Hall–Kier alpha value is -1.70. The zero-order chi connectivity index (χ0) is 8.23. The van der Waals surface area contributed by atoms with E-state index in [-0.39, 0.29) is 0 Å². The van der Waals surface area contributed by atoms with Gasteiger partial charge in [-0.15, -0.1) is 0 Å². The maximum absolute atomic E-state index is 3.04. The molecule has 0 spiro atoms. The third-order valence-corrected chi connectivity index (χ3v) is 1.71. The molecular weight excluding hydrogens is 148 g/mol. The van der Waals surface area contributed by atoms with E-state index in [0.29, 0.717) is 0 Å². The van der Waals surface area contributed by atoms with Crippen molar-refractivity contribution < 1.29 is 0 Å². The summed E-state index contributed by atoms with van der Waals surface area (Å²) in [6.45, 7) is 0. The lowest BCUT2D eigenvalue weighted by molar-refractivity contribution is 1.01. The van der Waals surface area contributed by atoms with Crippen LogP contribution in [0.2, 0.25) is 0 Å².